The second-order valence-electron chi connectivity index (χ2n) is 5.40. The molecule has 1 nitrogen and oxygen atoms in total. The Balaban J connectivity index is 1.84. The Labute approximate surface area is 116 Å². The van der Waals surface area contributed by atoms with E-state index < -0.39 is 17.7 Å². The lowest BCUT2D eigenvalue weighted by atomic mass is 9.95. The van der Waals surface area contributed by atoms with Gasteiger partial charge in [0.05, 0.1) is 6.10 Å². The molecular weight excluding hydrogens is 258 g/mol. The van der Waals surface area contributed by atoms with Gasteiger partial charge in [-0.3, -0.25) is 0 Å². The van der Waals surface area contributed by atoms with Crippen LogP contribution in [0.4, 0.5) is 8.78 Å². The number of aliphatic hydroxyl groups excluding tert-OH is 1. The van der Waals surface area contributed by atoms with Crippen LogP contribution in [-0.4, -0.2) is 5.11 Å². The van der Waals surface area contributed by atoms with Crippen molar-refractivity contribution in [1.29, 1.82) is 0 Å². The number of rotatable bonds is 4. The third kappa shape index (κ3) is 2.88. The second-order valence-corrected chi connectivity index (χ2v) is 5.40. The van der Waals surface area contributed by atoms with Crippen LogP contribution in [0.2, 0.25) is 0 Å². The maximum Gasteiger partial charge on any atom is 0.126 e. The molecule has 2 aromatic carbocycles. The highest BCUT2D eigenvalue weighted by molar-refractivity contribution is 5.35. The normalized spacial score (nSPS) is 16.1. The summed E-state index contributed by atoms with van der Waals surface area (Å²) in [5.41, 5.74) is 2.51. The van der Waals surface area contributed by atoms with Gasteiger partial charge in [-0.1, -0.05) is 24.3 Å². The number of aliphatic hydroxyl groups is 1. The monoisotopic (exact) mass is 274 g/mol. The Bertz CT molecular complexity index is 600. The van der Waals surface area contributed by atoms with Gasteiger partial charge in [-0.2, -0.15) is 0 Å². The molecule has 0 heterocycles. The molecule has 0 saturated heterocycles. The summed E-state index contributed by atoms with van der Waals surface area (Å²) >= 11 is 0. The van der Waals surface area contributed by atoms with E-state index in [2.05, 4.69) is 0 Å². The predicted octanol–water partition coefficient (Wildman–Crippen LogP) is 4.12. The topological polar surface area (TPSA) is 20.2 Å². The molecule has 0 spiro atoms. The van der Waals surface area contributed by atoms with Gasteiger partial charge < -0.3 is 5.11 Å². The van der Waals surface area contributed by atoms with Gasteiger partial charge in [0.1, 0.15) is 11.6 Å². The van der Waals surface area contributed by atoms with Crippen LogP contribution in [-0.2, 0) is 6.42 Å². The summed E-state index contributed by atoms with van der Waals surface area (Å²) in [6.07, 6.45) is 1.79. The lowest BCUT2D eigenvalue weighted by Crippen LogP contribution is -2.05. The van der Waals surface area contributed by atoms with Crippen molar-refractivity contribution in [3.05, 3.63) is 70.8 Å². The smallest absolute Gasteiger partial charge is 0.126 e. The lowest BCUT2D eigenvalue weighted by Gasteiger charge is -2.15. The molecule has 1 atom stereocenters. The largest absolute Gasteiger partial charge is 0.388 e. The summed E-state index contributed by atoms with van der Waals surface area (Å²) in [7, 11) is 0. The minimum atomic E-state index is -0.729. The molecule has 0 aromatic heterocycles. The number of hydrogen-bond acceptors (Lipinski definition) is 1. The molecule has 0 bridgehead atoms. The maximum absolute atomic E-state index is 13.2. The van der Waals surface area contributed by atoms with Crippen LogP contribution in [0.3, 0.4) is 0 Å². The van der Waals surface area contributed by atoms with Crippen LogP contribution in [0, 0.1) is 11.6 Å². The molecule has 104 valence electrons. The first kappa shape index (κ1) is 13.3. The van der Waals surface area contributed by atoms with E-state index in [1.165, 1.54) is 12.1 Å². The van der Waals surface area contributed by atoms with Gasteiger partial charge in [-0.05, 0) is 47.6 Å². The first-order valence-corrected chi connectivity index (χ1v) is 6.85. The fourth-order valence-electron chi connectivity index (χ4n) is 2.64. The SMILES string of the molecule is OC(Cc1cc(F)cc(F)c1)c1ccccc1C1CC1. The van der Waals surface area contributed by atoms with Crippen molar-refractivity contribution in [2.75, 3.05) is 0 Å². The molecule has 1 unspecified atom stereocenters. The molecule has 0 aliphatic heterocycles. The van der Waals surface area contributed by atoms with Gasteiger partial charge in [-0.25, -0.2) is 8.78 Å². The highest BCUT2D eigenvalue weighted by atomic mass is 19.1. The number of benzene rings is 2. The van der Waals surface area contributed by atoms with Gasteiger partial charge in [0.2, 0.25) is 0 Å². The molecular formula is C17H16F2O. The van der Waals surface area contributed by atoms with Crippen molar-refractivity contribution in [2.45, 2.75) is 31.3 Å². The van der Waals surface area contributed by atoms with Crippen molar-refractivity contribution in [3.8, 4) is 0 Å². The third-order valence-corrected chi connectivity index (χ3v) is 3.72. The zero-order valence-corrected chi connectivity index (χ0v) is 11.0. The zero-order chi connectivity index (χ0) is 14.1. The van der Waals surface area contributed by atoms with Gasteiger partial charge in [0.15, 0.2) is 0 Å². The van der Waals surface area contributed by atoms with Gasteiger partial charge in [0.25, 0.3) is 0 Å². The maximum atomic E-state index is 13.2. The predicted molar refractivity (Wildman–Crippen MR) is 73.4 cm³/mol. The van der Waals surface area contributed by atoms with E-state index in [0.29, 0.717) is 11.5 Å². The van der Waals surface area contributed by atoms with E-state index in [0.717, 1.165) is 30.0 Å². The van der Waals surface area contributed by atoms with Crippen LogP contribution in [0.5, 0.6) is 0 Å². The molecule has 0 amide bonds. The van der Waals surface area contributed by atoms with Crippen LogP contribution >= 0.6 is 0 Å². The van der Waals surface area contributed by atoms with Gasteiger partial charge >= 0.3 is 0 Å². The van der Waals surface area contributed by atoms with Crippen molar-refractivity contribution < 1.29 is 13.9 Å². The highest BCUT2D eigenvalue weighted by Crippen LogP contribution is 2.43. The Morgan fingerprint density at radius 3 is 2.35 bits per heavy atom. The van der Waals surface area contributed by atoms with E-state index in [9.17, 15) is 13.9 Å². The fourth-order valence-corrected chi connectivity index (χ4v) is 2.64. The molecule has 1 saturated carbocycles. The summed E-state index contributed by atoms with van der Waals surface area (Å²) in [5, 5.41) is 10.4. The zero-order valence-electron chi connectivity index (χ0n) is 11.0. The molecule has 2 aromatic rings. The molecule has 3 rings (SSSR count). The average molecular weight is 274 g/mol. The first-order chi connectivity index (χ1) is 9.63. The minimum Gasteiger partial charge on any atom is -0.388 e. The standard InChI is InChI=1S/C17H16F2O/c18-13-7-11(8-14(19)10-13)9-17(20)16-4-2-1-3-15(16)12-5-6-12/h1-4,7-8,10,12,17,20H,5-6,9H2. The van der Waals surface area contributed by atoms with Crippen molar-refractivity contribution in [1.82, 2.24) is 0 Å². The van der Waals surface area contributed by atoms with Crippen LogP contribution < -0.4 is 0 Å². The molecule has 3 heteroatoms. The number of halogens is 2. The Morgan fingerprint density at radius 1 is 1.05 bits per heavy atom. The number of hydrogen-bond donors (Lipinski definition) is 1. The van der Waals surface area contributed by atoms with E-state index in [4.69, 9.17) is 0 Å². The molecule has 1 aliphatic rings. The summed E-state index contributed by atoms with van der Waals surface area (Å²) in [6, 6.07) is 11.2. The van der Waals surface area contributed by atoms with Crippen LogP contribution in [0.25, 0.3) is 0 Å². The van der Waals surface area contributed by atoms with E-state index in [1.807, 2.05) is 24.3 Å². The Hall–Kier alpha value is -1.74. The summed E-state index contributed by atoms with van der Waals surface area (Å²) in [5.74, 6) is -0.685. The van der Waals surface area contributed by atoms with Gasteiger partial charge in [0, 0.05) is 12.5 Å². The minimum absolute atomic E-state index is 0.221. The molecule has 20 heavy (non-hydrogen) atoms. The molecule has 1 fully saturated rings. The summed E-state index contributed by atoms with van der Waals surface area (Å²) < 4.78 is 26.4. The molecule has 1 aliphatic carbocycles. The molecule has 0 radical (unpaired) electrons. The first-order valence-electron chi connectivity index (χ1n) is 6.85. The summed E-state index contributed by atoms with van der Waals surface area (Å²) in [4.78, 5) is 0. The summed E-state index contributed by atoms with van der Waals surface area (Å²) in [6.45, 7) is 0. The quantitative estimate of drug-likeness (QED) is 0.889. The van der Waals surface area contributed by atoms with Crippen LogP contribution in [0.1, 0.15) is 41.6 Å². The Morgan fingerprint density at radius 2 is 1.70 bits per heavy atom. The highest BCUT2D eigenvalue weighted by Gasteiger charge is 2.27. The second kappa shape index (κ2) is 5.33. The van der Waals surface area contributed by atoms with E-state index in [-0.39, 0.29) is 6.42 Å². The average Bonchev–Trinajstić information content (AvgIpc) is 3.21. The van der Waals surface area contributed by atoms with E-state index >= 15 is 0 Å². The van der Waals surface area contributed by atoms with Crippen molar-refractivity contribution in [2.24, 2.45) is 0 Å². The molecule has 1 N–H and O–H groups in total. The van der Waals surface area contributed by atoms with Crippen molar-refractivity contribution >= 4 is 0 Å². The lowest BCUT2D eigenvalue weighted by molar-refractivity contribution is 0.177. The van der Waals surface area contributed by atoms with Crippen molar-refractivity contribution in [3.63, 3.8) is 0 Å². The third-order valence-electron chi connectivity index (χ3n) is 3.72. The Kier molecular flexibility index (Phi) is 3.53. The van der Waals surface area contributed by atoms with E-state index in [1.54, 1.807) is 0 Å². The van der Waals surface area contributed by atoms with Crippen LogP contribution in [0.15, 0.2) is 42.5 Å². The van der Waals surface area contributed by atoms with Gasteiger partial charge in [-0.15, -0.1) is 0 Å². The fraction of sp³-hybridized carbons (Fsp3) is 0.294.